The van der Waals surface area contributed by atoms with Gasteiger partial charge < -0.3 is 20.5 Å². The maximum Gasteiger partial charge on any atom is 0.257 e. The predicted molar refractivity (Wildman–Crippen MR) is 109 cm³/mol. The van der Waals surface area contributed by atoms with Gasteiger partial charge in [-0.2, -0.15) is 15.1 Å². The number of halogens is 2. The highest BCUT2D eigenvalue weighted by atomic mass is 19.3. The standard InChI is InChI=1S/C19H22F2N8O/c1-2-16(30)28-7-3-4-12(9-28)24-18-14-5-6-22-17(14)26-19(27-18)25-13-8-23-29(10-13)11-15(20)21/h2,5-6,8,10,12,15H,1,3-4,7,9,11H2,(H3,22,24,25,26,27)/t12-/m1/s1. The summed E-state index contributed by atoms with van der Waals surface area (Å²) in [6.07, 6.45) is 5.31. The summed E-state index contributed by atoms with van der Waals surface area (Å²) in [5.74, 6) is 0.847. The molecule has 1 aliphatic rings. The molecule has 30 heavy (non-hydrogen) atoms. The SMILES string of the molecule is C=CC(=O)N1CCC[C@@H](Nc2nc(Nc3cnn(CC(F)F)c3)nc3[nH]ccc23)C1. The number of fused-ring (bicyclic) bond motifs is 1. The van der Waals surface area contributed by atoms with Gasteiger partial charge in [0.05, 0.1) is 17.3 Å². The number of nitrogens with zero attached hydrogens (tertiary/aromatic N) is 5. The van der Waals surface area contributed by atoms with E-state index < -0.39 is 13.0 Å². The number of hydrogen-bond acceptors (Lipinski definition) is 6. The molecule has 1 atom stereocenters. The van der Waals surface area contributed by atoms with E-state index in [0.29, 0.717) is 36.2 Å². The summed E-state index contributed by atoms with van der Waals surface area (Å²) in [6.45, 7) is 4.34. The molecule has 3 N–H and O–H groups in total. The van der Waals surface area contributed by atoms with Crippen LogP contribution in [0, 0.1) is 0 Å². The minimum atomic E-state index is -2.48. The van der Waals surface area contributed by atoms with Crippen molar-refractivity contribution in [1.29, 1.82) is 0 Å². The molecule has 0 spiro atoms. The number of likely N-dealkylation sites (tertiary alicyclic amines) is 1. The minimum absolute atomic E-state index is 0.0392. The average molecular weight is 416 g/mol. The summed E-state index contributed by atoms with van der Waals surface area (Å²) in [5, 5.41) is 11.1. The molecule has 0 saturated carbocycles. The number of aromatic nitrogens is 5. The Bertz CT molecular complexity index is 1050. The van der Waals surface area contributed by atoms with E-state index in [9.17, 15) is 13.6 Å². The van der Waals surface area contributed by atoms with E-state index in [1.54, 1.807) is 11.1 Å². The third-order valence-corrected chi connectivity index (χ3v) is 4.88. The van der Waals surface area contributed by atoms with Crippen molar-refractivity contribution in [3.05, 3.63) is 37.3 Å². The molecule has 0 radical (unpaired) electrons. The molecule has 4 rings (SSSR count). The molecule has 1 aliphatic heterocycles. The fourth-order valence-corrected chi connectivity index (χ4v) is 3.52. The summed E-state index contributed by atoms with van der Waals surface area (Å²) in [4.78, 5) is 25.8. The van der Waals surface area contributed by atoms with Gasteiger partial charge in [-0.1, -0.05) is 6.58 Å². The monoisotopic (exact) mass is 416 g/mol. The Labute approximate surface area is 171 Å². The lowest BCUT2D eigenvalue weighted by molar-refractivity contribution is -0.127. The Morgan fingerprint density at radius 1 is 1.43 bits per heavy atom. The van der Waals surface area contributed by atoms with Crippen molar-refractivity contribution in [1.82, 2.24) is 29.6 Å². The van der Waals surface area contributed by atoms with Gasteiger partial charge in [0.15, 0.2) is 0 Å². The van der Waals surface area contributed by atoms with Crippen LogP contribution in [0.2, 0.25) is 0 Å². The first-order valence-electron chi connectivity index (χ1n) is 9.62. The first kappa shape index (κ1) is 19.8. The van der Waals surface area contributed by atoms with Crippen LogP contribution in [0.15, 0.2) is 37.3 Å². The van der Waals surface area contributed by atoms with Gasteiger partial charge in [-0.15, -0.1) is 0 Å². The zero-order valence-corrected chi connectivity index (χ0v) is 16.2. The van der Waals surface area contributed by atoms with E-state index >= 15 is 0 Å². The number of aromatic amines is 1. The van der Waals surface area contributed by atoms with E-state index in [-0.39, 0.29) is 11.9 Å². The third-order valence-electron chi connectivity index (χ3n) is 4.88. The largest absolute Gasteiger partial charge is 0.365 e. The zero-order valence-electron chi connectivity index (χ0n) is 16.2. The van der Waals surface area contributed by atoms with Crippen LogP contribution in [0.5, 0.6) is 0 Å². The number of alkyl halides is 2. The maximum absolute atomic E-state index is 12.5. The van der Waals surface area contributed by atoms with Crippen molar-refractivity contribution in [2.24, 2.45) is 0 Å². The second-order valence-corrected chi connectivity index (χ2v) is 7.07. The quantitative estimate of drug-likeness (QED) is 0.512. The second-order valence-electron chi connectivity index (χ2n) is 7.07. The van der Waals surface area contributed by atoms with Crippen molar-refractivity contribution >= 4 is 34.4 Å². The molecule has 0 unspecified atom stereocenters. The van der Waals surface area contributed by atoms with Gasteiger partial charge >= 0.3 is 0 Å². The van der Waals surface area contributed by atoms with Crippen LogP contribution < -0.4 is 10.6 Å². The van der Waals surface area contributed by atoms with Gasteiger partial charge in [-0.25, -0.2) is 8.78 Å². The third kappa shape index (κ3) is 4.39. The van der Waals surface area contributed by atoms with E-state index in [0.717, 1.165) is 22.9 Å². The van der Waals surface area contributed by atoms with Crippen molar-refractivity contribution < 1.29 is 13.6 Å². The van der Waals surface area contributed by atoms with Gasteiger partial charge in [-0.3, -0.25) is 9.48 Å². The number of anilines is 3. The van der Waals surface area contributed by atoms with E-state index in [2.05, 4.69) is 37.3 Å². The van der Waals surface area contributed by atoms with Gasteiger partial charge in [0.1, 0.15) is 18.0 Å². The van der Waals surface area contributed by atoms with Crippen molar-refractivity contribution in [2.45, 2.75) is 31.9 Å². The van der Waals surface area contributed by atoms with E-state index in [1.807, 2.05) is 6.07 Å². The van der Waals surface area contributed by atoms with Crippen molar-refractivity contribution in [3.63, 3.8) is 0 Å². The summed E-state index contributed by atoms with van der Waals surface area (Å²) in [6, 6.07) is 1.91. The number of nitrogens with one attached hydrogen (secondary N) is 3. The van der Waals surface area contributed by atoms with Crippen LogP contribution >= 0.6 is 0 Å². The molecular formula is C19H22F2N8O. The van der Waals surface area contributed by atoms with Crippen LogP contribution in [0.25, 0.3) is 11.0 Å². The summed E-state index contributed by atoms with van der Waals surface area (Å²) in [7, 11) is 0. The normalized spacial score (nSPS) is 16.8. The Morgan fingerprint density at radius 2 is 2.30 bits per heavy atom. The highest BCUT2D eigenvalue weighted by molar-refractivity contribution is 5.89. The fourth-order valence-electron chi connectivity index (χ4n) is 3.52. The molecule has 3 aromatic heterocycles. The number of carbonyl (C=O) groups is 1. The topological polar surface area (TPSA) is 104 Å². The summed E-state index contributed by atoms with van der Waals surface area (Å²) in [5.41, 5.74) is 1.14. The lowest BCUT2D eigenvalue weighted by Gasteiger charge is -2.33. The first-order valence-corrected chi connectivity index (χ1v) is 9.62. The maximum atomic E-state index is 12.5. The minimum Gasteiger partial charge on any atom is -0.365 e. The molecule has 1 amide bonds. The average Bonchev–Trinajstić information content (AvgIpc) is 3.36. The molecule has 1 saturated heterocycles. The molecule has 3 aromatic rings. The van der Waals surface area contributed by atoms with Gasteiger partial charge in [0, 0.05) is 31.5 Å². The van der Waals surface area contributed by atoms with Gasteiger partial charge in [0.25, 0.3) is 6.43 Å². The molecule has 158 valence electrons. The number of amides is 1. The van der Waals surface area contributed by atoms with Crippen molar-refractivity contribution in [3.8, 4) is 0 Å². The van der Waals surface area contributed by atoms with Crippen LogP contribution in [0.1, 0.15) is 12.8 Å². The molecule has 4 heterocycles. The second kappa shape index (κ2) is 8.47. The van der Waals surface area contributed by atoms with Crippen molar-refractivity contribution in [2.75, 3.05) is 23.7 Å². The zero-order chi connectivity index (χ0) is 21.1. The highest BCUT2D eigenvalue weighted by Crippen LogP contribution is 2.25. The molecule has 11 heteroatoms. The van der Waals surface area contributed by atoms with E-state index in [4.69, 9.17) is 0 Å². The number of rotatable bonds is 7. The number of piperidine rings is 1. The Morgan fingerprint density at radius 3 is 3.10 bits per heavy atom. The highest BCUT2D eigenvalue weighted by Gasteiger charge is 2.23. The van der Waals surface area contributed by atoms with Gasteiger partial charge in [-0.05, 0) is 25.0 Å². The lowest BCUT2D eigenvalue weighted by Crippen LogP contribution is -2.44. The van der Waals surface area contributed by atoms with Crippen LogP contribution in [-0.4, -0.2) is 61.1 Å². The Kier molecular flexibility index (Phi) is 5.59. The van der Waals surface area contributed by atoms with Crippen LogP contribution in [0.3, 0.4) is 0 Å². The number of hydrogen-bond donors (Lipinski definition) is 3. The number of H-pyrrole nitrogens is 1. The molecule has 1 fully saturated rings. The summed E-state index contributed by atoms with van der Waals surface area (Å²) < 4.78 is 26.2. The molecule has 9 nitrogen and oxygen atoms in total. The first-order chi connectivity index (χ1) is 14.5. The molecule has 0 aromatic carbocycles. The fraction of sp³-hybridized carbons (Fsp3) is 0.368. The summed E-state index contributed by atoms with van der Waals surface area (Å²) >= 11 is 0. The molecule has 0 aliphatic carbocycles. The Hall–Kier alpha value is -3.50. The van der Waals surface area contributed by atoms with Gasteiger partial charge in [0.2, 0.25) is 11.9 Å². The molecular weight excluding hydrogens is 394 g/mol. The van der Waals surface area contributed by atoms with Crippen LogP contribution in [-0.2, 0) is 11.3 Å². The smallest absolute Gasteiger partial charge is 0.257 e. The lowest BCUT2D eigenvalue weighted by atomic mass is 10.1. The molecule has 0 bridgehead atoms. The Balaban J connectivity index is 1.53. The van der Waals surface area contributed by atoms with Crippen LogP contribution in [0.4, 0.5) is 26.2 Å². The predicted octanol–water partition coefficient (Wildman–Crippen LogP) is 2.75. The van der Waals surface area contributed by atoms with E-state index in [1.165, 1.54) is 18.5 Å². The number of carbonyl (C=O) groups excluding carboxylic acids is 1.